The Morgan fingerprint density at radius 1 is 1.19 bits per heavy atom. The lowest BCUT2D eigenvalue weighted by Crippen LogP contribution is -2.19. The van der Waals surface area contributed by atoms with Crippen molar-refractivity contribution in [2.24, 2.45) is 0 Å². The number of carbonyl (C=O) groups is 2. The van der Waals surface area contributed by atoms with Gasteiger partial charge in [0.25, 0.3) is 0 Å². The fourth-order valence-electron chi connectivity index (χ4n) is 2.04. The molecule has 0 aliphatic carbocycles. The molecule has 1 aromatic carbocycles. The Hall–Kier alpha value is -2.13. The number of anilines is 2. The number of aryl methyl sites for hydroxylation is 2. The van der Waals surface area contributed by atoms with Crippen molar-refractivity contribution in [3.05, 3.63) is 29.3 Å². The first-order valence-corrected chi connectivity index (χ1v) is 9.94. The quantitative estimate of drug-likeness (QED) is 0.415. The third-order valence-corrected chi connectivity index (χ3v) is 5.82. The van der Waals surface area contributed by atoms with Gasteiger partial charge in [0.15, 0.2) is 4.34 Å². The average molecular weight is 395 g/mol. The summed E-state index contributed by atoms with van der Waals surface area (Å²) < 4.78 is 5.64. The number of urea groups is 1. The summed E-state index contributed by atoms with van der Waals surface area (Å²) in [7, 11) is 0. The Bertz CT molecular complexity index is 779. The summed E-state index contributed by atoms with van der Waals surface area (Å²) in [5.41, 5.74) is 2.97. The third kappa shape index (κ3) is 5.70. The Morgan fingerprint density at radius 2 is 1.96 bits per heavy atom. The van der Waals surface area contributed by atoms with E-state index in [2.05, 4.69) is 20.8 Å². The van der Waals surface area contributed by atoms with Crippen molar-refractivity contribution in [3.8, 4) is 0 Å². The predicted octanol–water partition coefficient (Wildman–Crippen LogP) is 4.23. The van der Waals surface area contributed by atoms with Crippen molar-refractivity contribution in [2.75, 3.05) is 17.2 Å². The molecule has 0 bridgehead atoms. The van der Waals surface area contributed by atoms with Gasteiger partial charge in [0.05, 0.1) is 6.61 Å². The van der Waals surface area contributed by atoms with Crippen LogP contribution >= 0.6 is 23.1 Å². The van der Waals surface area contributed by atoms with Gasteiger partial charge in [0.1, 0.15) is 5.25 Å². The van der Waals surface area contributed by atoms with Crippen molar-refractivity contribution >= 4 is 45.9 Å². The summed E-state index contributed by atoms with van der Waals surface area (Å²) in [6, 6.07) is 5.30. The van der Waals surface area contributed by atoms with Crippen LogP contribution in [-0.4, -0.2) is 34.1 Å². The molecule has 0 aliphatic rings. The molecule has 1 atom stereocenters. The van der Waals surface area contributed by atoms with Crippen LogP contribution in [0.5, 0.6) is 0 Å². The normalized spacial score (nSPS) is 11.7. The summed E-state index contributed by atoms with van der Waals surface area (Å²) in [5.74, 6) is -0.266. The Balaban J connectivity index is 1.93. The van der Waals surface area contributed by atoms with E-state index >= 15 is 0 Å². The number of hydrogen-bond donors (Lipinski definition) is 2. The second kappa shape index (κ2) is 9.54. The number of nitrogens with one attached hydrogen (secondary N) is 2. The first kappa shape index (κ1) is 20.2. The van der Waals surface area contributed by atoms with Crippen LogP contribution in [0.1, 0.15) is 31.4 Å². The molecule has 1 heterocycles. The highest BCUT2D eigenvalue weighted by atomic mass is 32.2. The van der Waals surface area contributed by atoms with Crippen LogP contribution in [0, 0.1) is 13.8 Å². The zero-order chi connectivity index (χ0) is 19.1. The van der Waals surface area contributed by atoms with Gasteiger partial charge in [-0.2, -0.15) is 0 Å². The minimum atomic E-state index is -0.390. The molecule has 1 aromatic heterocycles. The minimum absolute atomic E-state index is 0.266. The first-order chi connectivity index (χ1) is 12.4. The van der Waals surface area contributed by atoms with Gasteiger partial charge in [0.2, 0.25) is 5.13 Å². The van der Waals surface area contributed by atoms with Crippen LogP contribution in [0.15, 0.2) is 22.5 Å². The Labute approximate surface area is 160 Å². The maximum Gasteiger partial charge on any atom is 0.325 e. The van der Waals surface area contributed by atoms with E-state index in [0.29, 0.717) is 28.2 Å². The topological polar surface area (TPSA) is 93.2 Å². The van der Waals surface area contributed by atoms with Crippen LogP contribution in [0.4, 0.5) is 15.6 Å². The molecule has 0 fully saturated rings. The first-order valence-electron chi connectivity index (χ1n) is 8.25. The second-order valence-electron chi connectivity index (χ2n) is 5.52. The molecule has 0 radical (unpaired) electrons. The van der Waals surface area contributed by atoms with Gasteiger partial charge >= 0.3 is 12.0 Å². The van der Waals surface area contributed by atoms with Crippen LogP contribution in [-0.2, 0) is 9.53 Å². The highest BCUT2D eigenvalue weighted by Crippen LogP contribution is 2.31. The Kier molecular flexibility index (Phi) is 7.40. The molecule has 2 N–H and O–H groups in total. The van der Waals surface area contributed by atoms with Crippen LogP contribution in [0.2, 0.25) is 0 Å². The standard InChI is InChI=1S/C17H22N4O3S2/c1-5-13(14(22)24-6-2)25-17-21-20-16(26-17)19-15(23)18-12-8-7-10(3)11(4)9-12/h7-9,13H,5-6H2,1-4H3,(H2,18,19,20,23)/t13-/m1/s1. The molecule has 7 nitrogen and oxygen atoms in total. The highest BCUT2D eigenvalue weighted by Gasteiger charge is 2.21. The number of hydrogen-bond acceptors (Lipinski definition) is 7. The summed E-state index contributed by atoms with van der Waals surface area (Å²) in [6.07, 6.45) is 0.624. The van der Waals surface area contributed by atoms with Crippen LogP contribution in [0.25, 0.3) is 0 Å². The molecule has 2 aromatic rings. The van der Waals surface area contributed by atoms with Crippen LogP contribution in [0.3, 0.4) is 0 Å². The third-order valence-electron chi connectivity index (χ3n) is 3.56. The number of aromatic nitrogens is 2. The van der Waals surface area contributed by atoms with Gasteiger partial charge in [-0.1, -0.05) is 36.1 Å². The molecule has 0 saturated heterocycles. The fraction of sp³-hybridized carbons (Fsp3) is 0.412. The van der Waals surface area contributed by atoms with Gasteiger partial charge in [-0.3, -0.25) is 10.1 Å². The van der Waals surface area contributed by atoms with E-state index in [1.807, 2.05) is 39.0 Å². The van der Waals surface area contributed by atoms with E-state index in [4.69, 9.17) is 4.74 Å². The van der Waals surface area contributed by atoms with Crippen molar-refractivity contribution in [1.29, 1.82) is 0 Å². The van der Waals surface area contributed by atoms with Gasteiger partial charge in [0, 0.05) is 5.69 Å². The number of thioether (sulfide) groups is 1. The lowest BCUT2D eigenvalue weighted by Gasteiger charge is -2.10. The fourth-order valence-corrected chi connectivity index (χ4v) is 3.95. The van der Waals surface area contributed by atoms with Gasteiger partial charge in [-0.15, -0.1) is 10.2 Å². The number of amides is 2. The molecule has 140 valence electrons. The predicted molar refractivity (Wildman–Crippen MR) is 105 cm³/mol. The highest BCUT2D eigenvalue weighted by molar-refractivity contribution is 8.02. The second-order valence-corrected chi connectivity index (χ2v) is 7.95. The lowest BCUT2D eigenvalue weighted by atomic mass is 10.1. The smallest absolute Gasteiger partial charge is 0.325 e. The maximum atomic E-state index is 12.1. The lowest BCUT2D eigenvalue weighted by molar-refractivity contribution is -0.142. The molecular formula is C17H22N4O3S2. The number of benzene rings is 1. The van der Waals surface area contributed by atoms with E-state index in [1.54, 1.807) is 6.92 Å². The van der Waals surface area contributed by atoms with Gasteiger partial charge in [-0.25, -0.2) is 4.79 Å². The number of carbonyl (C=O) groups excluding carboxylic acids is 2. The largest absolute Gasteiger partial charge is 0.465 e. The van der Waals surface area contributed by atoms with Gasteiger partial charge in [-0.05, 0) is 50.5 Å². The van der Waals surface area contributed by atoms with Crippen molar-refractivity contribution in [1.82, 2.24) is 10.2 Å². The SMILES string of the molecule is CCOC(=O)[C@@H](CC)Sc1nnc(NC(=O)Nc2ccc(C)c(C)c2)s1. The summed E-state index contributed by atoms with van der Waals surface area (Å²) in [6.45, 7) is 8.03. The number of rotatable bonds is 7. The van der Waals surface area contributed by atoms with E-state index in [9.17, 15) is 9.59 Å². The van der Waals surface area contributed by atoms with Crippen molar-refractivity contribution in [3.63, 3.8) is 0 Å². The molecule has 0 unspecified atom stereocenters. The van der Waals surface area contributed by atoms with E-state index in [-0.39, 0.29) is 11.2 Å². The molecular weight excluding hydrogens is 372 g/mol. The van der Waals surface area contributed by atoms with Gasteiger partial charge < -0.3 is 10.1 Å². The maximum absolute atomic E-state index is 12.1. The molecule has 0 spiro atoms. The van der Waals surface area contributed by atoms with Crippen molar-refractivity contribution in [2.45, 2.75) is 43.7 Å². The summed E-state index contributed by atoms with van der Waals surface area (Å²) in [4.78, 5) is 23.9. The average Bonchev–Trinajstić information content (AvgIpc) is 3.03. The molecule has 26 heavy (non-hydrogen) atoms. The van der Waals surface area contributed by atoms with Crippen LogP contribution < -0.4 is 10.6 Å². The molecule has 2 amide bonds. The van der Waals surface area contributed by atoms with E-state index in [0.717, 1.165) is 11.1 Å². The number of nitrogens with zero attached hydrogens (tertiary/aromatic N) is 2. The Morgan fingerprint density at radius 3 is 2.62 bits per heavy atom. The van der Waals surface area contributed by atoms with E-state index in [1.165, 1.54) is 23.1 Å². The summed E-state index contributed by atoms with van der Waals surface area (Å²) in [5, 5.41) is 13.4. The molecule has 9 heteroatoms. The zero-order valence-corrected chi connectivity index (χ0v) is 16.8. The monoisotopic (exact) mass is 394 g/mol. The number of esters is 1. The number of ether oxygens (including phenoxy) is 1. The summed E-state index contributed by atoms with van der Waals surface area (Å²) >= 11 is 2.51. The zero-order valence-electron chi connectivity index (χ0n) is 15.2. The van der Waals surface area contributed by atoms with E-state index < -0.39 is 6.03 Å². The molecule has 0 aliphatic heterocycles. The molecule has 2 rings (SSSR count). The molecule has 0 saturated carbocycles. The minimum Gasteiger partial charge on any atom is -0.465 e. The van der Waals surface area contributed by atoms with Crippen molar-refractivity contribution < 1.29 is 14.3 Å².